The Labute approximate surface area is 165 Å². The number of nitrogens with zero attached hydrogens (tertiary/aromatic N) is 3. The number of nitrogens with two attached hydrogens (primary N) is 1. The zero-order chi connectivity index (χ0) is 20.4. The van der Waals surface area contributed by atoms with Gasteiger partial charge in [0, 0.05) is 30.4 Å². The molecule has 0 bridgehead atoms. The van der Waals surface area contributed by atoms with Crippen molar-refractivity contribution in [1.82, 2.24) is 20.2 Å². The zero-order valence-corrected chi connectivity index (χ0v) is 15.7. The van der Waals surface area contributed by atoms with Gasteiger partial charge in [-0.05, 0) is 25.8 Å². The van der Waals surface area contributed by atoms with Gasteiger partial charge >= 0.3 is 0 Å². The Balaban J connectivity index is 1.48. The summed E-state index contributed by atoms with van der Waals surface area (Å²) in [5.41, 5.74) is 7.01. The second-order valence-electron chi connectivity index (χ2n) is 6.86. The fourth-order valence-corrected chi connectivity index (χ4v) is 3.28. The molecular weight excluding hydrogens is 380 g/mol. The lowest BCUT2D eigenvalue weighted by Crippen LogP contribution is -2.12. The van der Waals surface area contributed by atoms with Gasteiger partial charge in [0.05, 0.1) is 17.8 Å². The molecule has 10 heteroatoms. The van der Waals surface area contributed by atoms with Crippen LogP contribution in [0, 0.1) is 11.6 Å². The summed E-state index contributed by atoms with van der Waals surface area (Å²) in [6, 6.07) is 6.48. The van der Waals surface area contributed by atoms with Crippen molar-refractivity contribution < 1.29 is 13.5 Å². The van der Waals surface area contributed by atoms with Crippen molar-refractivity contribution >= 4 is 23.4 Å². The summed E-state index contributed by atoms with van der Waals surface area (Å²) in [5, 5.41) is 13.3. The molecule has 1 aliphatic rings. The van der Waals surface area contributed by atoms with E-state index >= 15 is 0 Å². The highest BCUT2D eigenvalue weighted by molar-refractivity contribution is 5.58. The van der Waals surface area contributed by atoms with Crippen LogP contribution in [0.5, 0.6) is 0 Å². The minimum absolute atomic E-state index is 0.0252. The largest absolute Gasteiger partial charge is 0.372 e. The molecule has 152 valence electrons. The average Bonchev–Trinajstić information content (AvgIpc) is 3.32. The summed E-state index contributed by atoms with van der Waals surface area (Å²) in [4.78, 5) is 8.28. The highest BCUT2D eigenvalue weighted by atomic mass is 19.1. The predicted octanol–water partition coefficient (Wildman–Crippen LogP) is 3.83. The second-order valence-corrected chi connectivity index (χ2v) is 6.86. The van der Waals surface area contributed by atoms with E-state index in [4.69, 9.17) is 10.5 Å². The van der Waals surface area contributed by atoms with E-state index in [2.05, 4.69) is 30.8 Å². The number of H-pyrrole nitrogens is 1. The number of rotatable bonds is 6. The van der Waals surface area contributed by atoms with E-state index in [1.165, 1.54) is 12.1 Å². The monoisotopic (exact) mass is 401 g/mol. The molecule has 1 aromatic carbocycles. The van der Waals surface area contributed by atoms with Crippen LogP contribution in [-0.2, 0) is 4.74 Å². The smallest absolute Gasteiger partial charge is 0.223 e. The van der Waals surface area contributed by atoms with E-state index in [0.717, 1.165) is 31.2 Å². The van der Waals surface area contributed by atoms with Gasteiger partial charge in [0.2, 0.25) is 5.95 Å². The summed E-state index contributed by atoms with van der Waals surface area (Å²) in [7, 11) is 0. The molecule has 2 aromatic heterocycles. The van der Waals surface area contributed by atoms with Crippen molar-refractivity contribution in [3.8, 4) is 0 Å². The van der Waals surface area contributed by atoms with Gasteiger partial charge in [0.15, 0.2) is 5.82 Å². The van der Waals surface area contributed by atoms with Gasteiger partial charge in [0.25, 0.3) is 0 Å². The predicted molar refractivity (Wildman–Crippen MR) is 105 cm³/mol. The number of nitrogens with one attached hydrogen (secondary N) is 3. The van der Waals surface area contributed by atoms with Crippen molar-refractivity contribution in [3.63, 3.8) is 0 Å². The van der Waals surface area contributed by atoms with Gasteiger partial charge in [-0.25, -0.2) is 8.78 Å². The lowest BCUT2D eigenvalue weighted by atomic mass is 10.1. The van der Waals surface area contributed by atoms with E-state index in [0.29, 0.717) is 23.0 Å². The van der Waals surface area contributed by atoms with Gasteiger partial charge in [-0.1, -0.05) is 6.07 Å². The summed E-state index contributed by atoms with van der Waals surface area (Å²) >= 11 is 0. The topological polar surface area (TPSA) is 114 Å². The number of benzene rings is 1. The summed E-state index contributed by atoms with van der Waals surface area (Å²) in [6.07, 6.45) is 2.00. The molecule has 5 N–H and O–H groups in total. The highest BCUT2D eigenvalue weighted by Gasteiger charge is 2.20. The van der Waals surface area contributed by atoms with Crippen LogP contribution in [0.2, 0.25) is 0 Å². The number of aromatic nitrogens is 4. The number of hydrogen-bond acceptors (Lipinski definition) is 7. The van der Waals surface area contributed by atoms with Gasteiger partial charge in [-0.3, -0.25) is 5.10 Å². The molecule has 1 fully saturated rings. The van der Waals surface area contributed by atoms with Crippen molar-refractivity contribution in [2.24, 2.45) is 0 Å². The van der Waals surface area contributed by atoms with Crippen LogP contribution in [0.15, 0.2) is 30.3 Å². The lowest BCUT2D eigenvalue weighted by Gasteiger charge is -2.16. The molecule has 3 aromatic rings. The summed E-state index contributed by atoms with van der Waals surface area (Å²) < 4.78 is 32.8. The Morgan fingerprint density at radius 3 is 2.76 bits per heavy atom. The van der Waals surface area contributed by atoms with Crippen LogP contribution >= 0.6 is 0 Å². The van der Waals surface area contributed by atoms with Crippen LogP contribution in [0.3, 0.4) is 0 Å². The first kappa shape index (κ1) is 19.1. The maximum absolute atomic E-state index is 14.0. The first-order valence-electron chi connectivity index (χ1n) is 9.28. The Hall–Kier alpha value is -3.27. The number of nitrogen functional groups attached to an aromatic ring is 1. The van der Waals surface area contributed by atoms with Crippen LogP contribution in [0.1, 0.15) is 43.2 Å². The quantitative estimate of drug-likeness (QED) is 0.496. The SMILES string of the molecule is CC(Nc1cc(Nc2cc(C3CCCO3)[nH]n2)nc(N)n1)c1ccc(F)cc1F. The maximum atomic E-state index is 14.0. The molecule has 3 heterocycles. The molecule has 2 unspecified atom stereocenters. The Morgan fingerprint density at radius 2 is 2.00 bits per heavy atom. The fourth-order valence-electron chi connectivity index (χ4n) is 3.28. The molecule has 0 spiro atoms. The summed E-state index contributed by atoms with van der Waals surface area (Å²) in [5.74, 6) is 0.167. The first-order chi connectivity index (χ1) is 14.0. The Bertz CT molecular complexity index is 1000. The maximum Gasteiger partial charge on any atom is 0.223 e. The number of aromatic amines is 1. The Morgan fingerprint density at radius 1 is 1.17 bits per heavy atom. The number of ether oxygens (including phenoxy) is 1. The highest BCUT2D eigenvalue weighted by Crippen LogP contribution is 2.29. The molecule has 0 aliphatic carbocycles. The van der Waals surface area contributed by atoms with E-state index in [1.54, 1.807) is 13.0 Å². The third kappa shape index (κ3) is 4.43. The molecule has 8 nitrogen and oxygen atoms in total. The van der Waals surface area contributed by atoms with Crippen molar-refractivity contribution in [1.29, 1.82) is 0 Å². The van der Waals surface area contributed by atoms with Gasteiger partial charge in [0.1, 0.15) is 23.3 Å². The number of hydrogen-bond donors (Lipinski definition) is 4. The Kier molecular flexibility index (Phi) is 5.26. The van der Waals surface area contributed by atoms with Crippen LogP contribution in [0.4, 0.5) is 32.2 Å². The molecule has 2 atom stereocenters. The molecule has 1 saturated heterocycles. The average molecular weight is 401 g/mol. The van der Waals surface area contributed by atoms with Gasteiger partial charge in [-0.15, -0.1) is 0 Å². The van der Waals surface area contributed by atoms with E-state index in [9.17, 15) is 8.78 Å². The zero-order valence-electron chi connectivity index (χ0n) is 15.7. The third-order valence-corrected chi connectivity index (χ3v) is 4.67. The molecule has 29 heavy (non-hydrogen) atoms. The van der Waals surface area contributed by atoms with Crippen molar-refractivity contribution in [2.45, 2.75) is 31.9 Å². The standard InChI is InChI=1S/C19H21F2N7O/c1-10(12-5-4-11(20)7-13(12)21)23-16-9-17(26-19(22)25-16)24-18-8-14(27-28-18)15-3-2-6-29-15/h4-5,7-10,15H,2-3,6H2,1H3,(H5,22,23,24,25,26,27,28). The number of halogens is 2. The first-order valence-corrected chi connectivity index (χ1v) is 9.28. The van der Waals surface area contributed by atoms with E-state index in [-0.39, 0.29) is 12.1 Å². The fraction of sp³-hybridized carbons (Fsp3) is 0.316. The van der Waals surface area contributed by atoms with Gasteiger partial charge < -0.3 is 21.1 Å². The van der Waals surface area contributed by atoms with E-state index in [1.807, 2.05) is 6.07 Å². The minimum Gasteiger partial charge on any atom is -0.372 e. The molecule has 0 amide bonds. The molecular formula is C19H21F2N7O. The van der Waals surface area contributed by atoms with E-state index < -0.39 is 17.7 Å². The number of anilines is 4. The minimum atomic E-state index is -0.636. The second kappa shape index (κ2) is 8.00. The molecule has 0 saturated carbocycles. The lowest BCUT2D eigenvalue weighted by molar-refractivity contribution is 0.108. The van der Waals surface area contributed by atoms with Crippen LogP contribution < -0.4 is 16.4 Å². The normalized spacial score (nSPS) is 17.3. The van der Waals surface area contributed by atoms with Crippen molar-refractivity contribution in [2.75, 3.05) is 23.0 Å². The van der Waals surface area contributed by atoms with Crippen LogP contribution in [-0.4, -0.2) is 26.8 Å². The van der Waals surface area contributed by atoms with Crippen molar-refractivity contribution in [3.05, 3.63) is 53.2 Å². The summed E-state index contributed by atoms with van der Waals surface area (Å²) in [6.45, 7) is 2.49. The van der Waals surface area contributed by atoms with Gasteiger partial charge in [-0.2, -0.15) is 15.1 Å². The third-order valence-electron chi connectivity index (χ3n) is 4.67. The molecule has 0 radical (unpaired) electrons. The molecule has 4 rings (SSSR count). The molecule has 1 aliphatic heterocycles. The van der Waals surface area contributed by atoms with Crippen LogP contribution in [0.25, 0.3) is 0 Å².